The number of amides is 1. The predicted octanol–water partition coefficient (Wildman–Crippen LogP) is 1.97. The molecule has 2 aliphatic heterocycles. The molecule has 4 nitrogen and oxygen atoms in total. The average Bonchev–Trinajstić information content (AvgIpc) is 3.08. The molecular weight excluding hydrogens is 254 g/mol. The second-order valence-corrected chi connectivity index (χ2v) is 6.95. The maximum absolute atomic E-state index is 12.5. The van der Waals surface area contributed by atoms with Gasteiger partial charge in [-0.05, 0) is 44.4 Å². The van der Waals surface area contributed by atoms with Gasteiger partial charge in [0.2, 0.25) is 5.91 Å². The molecule has 0 N–H and O–H groups in total. The van der Waals surface area contributed by atoms with Gasteiger partial charge in [-0.2, -0.15) is 0 Å². The van der Waals surface area contributed by atoms with Gasteiger partial charge in [0, 0.05) is 25.7 Å². The Hall–Kier alpha value is -0.610. The van der Waals surface area contributed by atoms with E-state index in [1.807, 2.05) is 0 Å². The summed E-state index contributed by atoms with van der Waals surface area (Å²) >= 11 is 0. The number of ether oxygens (including phenoxy) is 2. The fraction of sp³-hybridized carbons (Fsp3) is 0.938. The zero-order chi connectivity index (χ0) is 13.5. The van der Waals surface area contributed by atoms with E-state index in [0.29, 0.717) is 11.8 Å². The van der Waals surface area contributed by atoms with Crippen LogP contribution in [0.4, 0.5) is 0 Å². The summed E-state index contributed by atoms with van der Waals surface area (Å²) < 4.78 is 12.0. The van der Waals surface area contributed by atoms with Crippen molar-refractivity contribution in [2.45, 2.75) is 63.2 Å². The molecule has 2 saturated heterocycles. The Labute approximate surface area is 120 Å². The van der Waals surface area contributed by atoms with Crippen molar-refractivity contribution in [2.24, 2.45) is 11.8 Å². The van der Waals surface area contributed by atoms with Gasteiger partial charge >= 0.3 is 0 Å². The molecular formula is C16H25NO3. The van der Waals surface area contributed by atoms with E-state index in [1.54, 1.807) is 0 Å². The number of hydrogen-bond acceptors (Lipinski definition) is 3. The van der Waals surface area contributed by atoms with Gasteiger partial charge in [0.15, 0.2) is 0 Å². The lowest BCUT2D eigenvalue weighted by atomic mass is 9.83. The maximum atomic E-state index is 12.5. The smallest absolute Gasteiger partial charge is 0.226 e. The summed E-state index contributed by atoms with van der Waals surface area (Å²) in [7, 11) is 0. The second-order valence-electron chi connectivity index (χ2n) is 6.95. The van der Waals surface area contributed by atoms with E-state index in [9.17, 15) is 4.79 Å². The van der Waals surface area contributed by atoms with Crippen LogP contribution in [0.5, 0.6) is 0 Å². The van der Waals surface area contributed by atoms with Crippen LogP contribution in [-0.4, -0.2) is 48.8 Å². The molecule has 3 atom stereocenters. The van der Waals surface area contributed by atoms with Crippen LogP contribution in [-0.2, 0) is 14.3 Å². The quantitative estimate of drug-likeness (QED) is 0.790. The van der Waals surface area contributed by atoms with E-state index in [-0.39, 0.29) is 18.2 Å². The van der Waals surface area contributed by atoms with Crippen LogP contribution in [0, 0.1) is 11.8 Å². The molecule has 0 spiro atoms. The molecule has 4 rings (SSSR count). The number of fused-ring (bicyclic) bond motifs is 1. The van der Waals surface area contributed by atoms with Gasteiger partial charge in [0.1, 0.15) is 6.10 Å². The molecule has 0 aromatic heterocycles. The summed E-state index contributed by atoms with van der Waals surface area (Å²) in [6, 6.07) is 0.279. The number of carbonyl (C=O) groups excluding carboxylic acids is 1. The Morgan fingerprint density at radius 2 is 2.00 bits per heavy atom. The number of carbonyl (C=O) groups is 1. The van der Waals surface area contributed by atoms with E-state index in [1.165, 1.54) is 19.3 Å². The first-order valence-corrected chi connectivity index (χ1v) is 8.36. The number of nitrogens with zero attached hydrogens (tertiary/aromatic N) is 1. The van der Waals surface area contributed by atoms with E-state index < -0.39 is 0 Å². The van der Waals surface area contributed by atoms with Crippen molar-refractivity contribution in [3.05, 3.63) is 0 Å². The molecule has 20 heavy (non-hydrogen) atoms. The Balaban J connectivity index is 1.39. The van der Waals surface area contributed by atoms with Crippen molar-refractivity contribution in [1.29, 1.82) is 0 Å². The predicted molar refractivity (Wildman–Crippen MR) is 74.3 cm³/mol. The van der Waals surface area contributed by atoms with Crippen LogP contribution in [0.2, 0.25) is 0 Å². The number of hydrogen-bond donors (Lipinski definition) is 0. The van der Waals surface area contributed by atoms with Gasteiger partial charge in [0.25, 0.3) is 0 Å². The van der Waals surface area contributed by atoms with Crippen molar-refractivity contribution in [1.82, 2.24) is 4.90 Å². The summed E-state index contributed by atoms with van der Waals surface area (Å²) in [6.07, 6.45) is 8.35. The van der Waals surface area contributed by atoms with E-state index in [2.05, 4.69) is 4.90 Å². The van der Waals surface area contributed by atoms with Crippen LogP contribution in [0.25, 0.3) is 0 Å². The van der Waals surface area contributed by atoms with Gasteiger partial charge in [-0.1, -0.05) is 6.42 Å². The van der Waals surface area contributed by atoms with Gasteiger partial charge < -0.3 is 14.4 Å². The minimum Gasteiger partial charge on any atom is -0.375 e. The lowest BCUT2D eigenvalue weighted by Crippen LogP contribution is -2.57. The highest BCUT2D eigenvalue weighted by Crippen LogP contribution is 2.36. The first-order chi connectivity index (χ1) is 9.83. The van der Waals surface area contributed by atoms with Crippen LogP contribution >= 0.6 is 0 Å². The van der Waals surface area contributed by atoms with E-state index in [4.69, 9.17) is 9.47 Å². The molecule has 0 aromatic carbocycles. The third kappa shape index (κ3) is 2.37. The first kappa shape index (κ1) is 13.1. The van der Waals surface area contributed by atoms with E-state index in [0.717, 1.165) is 51.4 Å². The standard InChI is InChI=1S/C16H25NO3/c18-16(12-2-1-3-12)17-8-6-14(20-10-11-4-5-11)15-13(17)7-9-19-15/h11-15H,1-10H2/t13-,14+,15-/m0/s1. The number of rotatable bonds is 4. The van der Waals surface area contributed by atoms with Crippen LogP contribution < -0.4 is 0 Å². The average molecular weight is 279 g/mol. The van der Waals surface area contributed by atoms with Gasteiger partial charge in [-0.25, -0.2) is 0 Å². The van der Waals surface area contributed by atoms with Crippen molar-refractivity contribution in [3.63, 3.8) is 0 Å². The molecule has 0 radical (unpaired) electrons. The normalized spacial score (nSPS) is 37.6. The molecule has 4 aliphatic rings. The fourth-order valence-electron chi connectivity index (χ4n) is 3.77. The second kappa shape index (κ2) is 5.30. The molecule has 0 unspecified atom stereocenters. The van der Waals surface area contributed by atoms with Crippen molar-refractivity contribution in [2.75, 3.05) is 19.8 Å². The van der Waals surface area contributed by atoms with Crippen molar-refractivity contribution >= 4 is 5.91 Å². The summed E-state index contributed by atoms with van der Waals surface area (Å²) in [5.74, 6) is 1.49. The van der Waals surface area contributed by atoms with E-state index >= 15 is 0 Å². The molecule has 0 bridgehead atoms. The summed E-state index contributed by atoms with van der Waals surface area (Å²) in [6.45, 7) is 2.55. The monoisotopic (exact) mass is 279 g/mol. The molecule has 4 fully saturated rings. The summed E-state index contributed by atoms with van der Waals surface area (Å²) in [4.78, 5) is 14.7. The lowest BCUT2D eigenvalue weighted by Gasteiger charge is -2.43. The minimum atomic E-state index is 0.131. The van der Waals surface area contributed by atoms with Crippen molar-refractivity contribution in [3.8, 4) is 0 Å². The highest BCUT2D eigenvalue weighted by atomic mass is 16.5. The molecule has 2 heterocycles. The zero-order valence-corrected chi connectivity index (χ0v) is 12.1. The highest BCUT2D eigenvalue weighted by Gasteiger charge is 2.46. The van der Waals surface area contributed by atoms with Gasteiger partial charge in [-0.3, -0.25) is 4.79 Å². The molecule has 112 valence electrons. The molecule has 1 amide bonds. The van der Waals surface area contributed by atoms with Crippen LogP contribution in [0.3, 0.4) is 0 Å². The molecule has 4 heteroatoms. The Morgan fingerprint density at radius 3 is 2.70 bits per heavy atom. The minimum absolute atomic E-state index is 0.131. The Kier molecular flexibility index (Phi) is 3.47. The molecule has 2 saturated carbocycles. The third-order valence-electron chi connectivity index (χ3n) is 5.50. The topological polar surface area (TPSA) is 38.8 Å². The van der Waals surface area contributed by atoms with Crippen LogP contribution in [0.15, 0.2) is 0 Å². The largest absolute Gasteiger partial charge is 0.375 e. The lowest BCUT2D eigenvalue weighted by molar-refractivity contribution is -0.152. The Morgan fingerprint density at radius 1 is 1.15 bits per heavy atom. The number of piperidine rings is 1. The highest BCUT2D eigenvalue weighted by molar-refractivity contribution is 5.80. The zero-order valence-electron chi connectivity index (χ0n) is 12.1. The molecule has 2 aliphatic carbocycles. The van der Waals surface area contributed by atoms with Crippen molar-refractivity contribution < 1.29 is 14.3 Å². The first-order valence-electron chi connectivity index (χ1n) is 8.36. The third-order valence-corrected chi connectivity index (χ3v) is 5.50. The SMILES string of the molecule is O=C(C1CCC1)N1CC[C@@H](OCC2CC2)[C@H]2OCC[C@@H]21. The maximum Gasteiger partial charge on any atom is 0.226 e. The molecule has 0 aromatic rings. The number of likely N-dealkylation sites (tertiary alicyclic amines) is 1. The summed E-state index contributed by atoms with van der Waals surface area (Å²) in [5.41, 5.74) is 0. The van der Waals surface area contributed by atoms with Crippen LogP contribution in [0.1, 0.15) is 44.9 Å². The van der Waals surface area contributed by atoms with Gasteiger partial charge in [-0.15, -0.1) is 0 Å². The summed E-state index contributed by atoms with van der Waals surface area (Å²) in [5, 5.41) is 0. The van der Waals surface area contributed by atoms with Gasteiger partial charge in [0.05, 0.1) is 12.1 Å². The Bertz CT molecular complexity index is 378. The fourth-order valence-corrected chi connectivity index (χ4v) is 3.77.